The van der Waals surface area contributed by atoms with Crippen LogP contribution in [0.5, 0.6) is 0 Å². The number of hydrogen-bond donors (Lipinski definition) is 1. The van der Waals surface area contributed by atoms with Gasteiger partial charge in [-0.3, -0.25) is 4.90 Å². The molecule has 0 amide bonds. The van der Waals surface area contributed by atoms with Crippen LogP contribution in [-0.4, -0.2) is 49.8 Å². The number of morpholine rings is 1. The topological polar surface area (TPSA) is 24.5 Å². The van der Waals surface area contributed by atoms with Crippen molar-refractivity contribution in [3.05, 3.63) is 0 Å². The third-order valence-corrected chi connectivity index (χ3v) is 3.18. The van der Waals surface area contributed by atoms with Crippen molar-refractivity contribution in [2.24, 2.45) is 5.41 Å². The summed E-state index contributed by atoms with van der Waals surface area (Å²) in [4.78, 5) is 2.55. The summed E-state index contributed by atoms with van der Waals surface area (Å²) in [6.07, 6.45) is 1.96. The molecular weight excluding hydrogens is 212 g/mol. The van der Waals surface area contributed by atoms with Gasteiger partial charge in [0.25, 0.3) is 0 Å². The van der Waals surface area contributed by atoms with Crippen molar-refractivity contribution in [1.29, 1.82) is 0 Å². The Bertz CT molecular complexity index is 208. The van der Waals surface area contributed by atoms with Gasteiger partial charge in [-0.15, -0.1) is 0 Å². The highest BCUT2D eigenvalue weighted by molar-refractivity contribution is 4.81. The quantitative estimate of drug-likeness (QED) is 0.722. The zero-order chi connectivity index (χ0) is 12.9. The van der Waals surface area contributed by atoms with Crippen LogP contribution in [0.3, 0.4) is 0 Å². The van der Waals surface area contributed by atoms with Crippen LogP contribution < -0.4 is 5.32 Å². The number of hydrogen-bond acceptors (Lipinski definition) is 3. The summed E-state index contributed by atoms with van der Waals surface area (Å²) in [6, 6.07) is 0. The fourth-order valence-electron chi connectivity index (χ4n) is 2.68. The Kier molecular flexibility index (Phi) is 5.90. The van der Waals surface area contributed by atoms with Crippen LogP contribution in [0.25, 0.3) is 0 Å². The van der Waals surface area contributed by atoms with Crippen molar-refractivity contribution in [2.45, 2.75) is 53.2 Å². The van der Waals surface area contributed by atoms with Gasteiger partial charge in [-0.05, 0) is 32.2 Å². The van der Waals surface area contributed by atoms with E-state index in [1.807, 2.05) is 0 Å². The maximum Gasteiger partial charge on any atom is 0.0678 e. The minimum Gasteiger partial charge on any atom is -0.373 e. The molecule has 0 saturated carbocycles. The molecule has 17 heavy (non-hydrogen) atoms. The molecule has 102 valence electrons. The lowest BCUT2D eigenvalue weighted by atomic mass is 9.92. The maximum absolute atomic E-state index is 5.77. The Morgan fingerprint density at radius 3 is 2.35 bits per heavy atom. The molecule has 0 bridgehead atoms. The molecule has 1 heterocycles. The highest BCUT2D eigenvalue weighted by Gasteiger charge is 2.27. The van der Waals surface area contributed by atoms with E-state index in [9.17, 15) is 0 Å². The average Bonchev–Trinajstić information content (AvgIpc) is 2.14. The number of nitrogens with one attached hydrogen (secondary N) is 1. The summed E-state index contributed by atoms with van der Waals surface area (Å²) in [7, 11) is 0. The molecule has 1 saturated heterocycles. The smallest absolute Gasteiger partial charge is 0.0678 e. The molecule has 1 aliphatic rings. The predicted molar refractivity (Wildman–Crippen MR) is 73.4 cm³/mol. The summed E-state index contributed by atoms with van der Waals surface area (Å²) in [5.74, 6) is 0. The van der Waals surface area contributed by atoms with Crippen molar-refractivity contribution in [2.75, 3.05) is 32.7 Å². The van der Waals surface area contributed by atoms with E-state index in [2.05, 4.69) is 44.8 Å². The van der Waals surface area contributed by atoms with Gasteiger partial charge >= 0.3 is 0 Å². The lowest BCUT2D eigenvalue weighted by molar-refractivity contribution is -0.0755. The van der Waals surface area contributed by atoms with E-state index < -0.39 is 0 Å². The lowest BCUT2D eigenvalue weighted by Crippen LogP contribution is -2.50. The molecule has 0 unspecified atom stereocenters. The monoisotopic (exact) mass is 242 g/mol. The Balaban J connectivity index is 2.35. The van der Waals surface area contributed by atoms with Gasteiger partial charge in [0.1, 0.15) is 0 Å². The van der Waals surface area contributed by atoms with Gasteiger partial charge in [0, 0.05) is 26.2 Å². The molecule has 1 rings (SSSR count). The van der Waals surface area contributed by atoms with Crippen LogP contribution in [0.4, 0.5) is 0 Å². The van der Waals surface area contributed by atoms with Gasteiger partial charge in [-0.25, -0.2) is 0 Å². The zero-order valence-corrected chi connectivity index (χ0v) is 12.3. The van der Waals surface area contributed by atoms with Gasteiger partial charge in [0.15, 0.2) is 0 Å². The second-order valence-corrected chi connectivity index (χ2v) is 6.29. The first kappa shape index (κ1) is 14.9. The first-order chi connectivity index (χ1) is 7.93. The van der Waals surface area contributed by atoms with Crippen molar-refractivity contribution in [3.63, 3.8) is 0 Å². The van der Waals surface area contributed by atoms with Gasteiger partial charge in [-0.2, -0.15) is 0 Å². The van der Waals surface area contributed by atoms with Crippen LogP contribution in [0.15, 0.2) is 0 Å². The third kappa shape index (κ3) is 5.84. The molecule has 0 aromatic heterocycles. The highest BCUT2D eigenvalue weighted by Crippen LogP contribution is 2.19. The second-order valence-electron chi connectivity index (χ2n) is 6.29. The lowest BCUT2D eigenvalue weighted by Gasteiger charge is -2.39. The largest absolute Gasteiger partial charge is 0.373 e. The van der Waals surface area contributed by atoms with Gasteiger partial charge in [-0.1, -0.05) is 20.8 Å². The Hall–Kier alpha value is -0.120. The van der Waals surface area contributed by atoms with Crippen LogP contribution in [0.1, 0.15) is 41.0 Å². The molecule has 0 aromatic carbocycles. The molecule has 1 N–H and O–H groups in total. The van der Waals surface area contributed by atoms with Crippen LogP contribution in [0.2, 0.25) is 0 Å². The highest BCUT2D eigenvalue weighted by atomic mass is 16.5. The predicted octanol–water partition coefficient (Wildman–Crippen LogP) is 2.12. The van der Waals surface area contributed by atoms with E-state index in [-0.39, 0.29) is 0 Å². The van der Waals surface area contributed by atoms with Crippen LogP contribution >= 0.6 is 0 Å². The minimum absolute atomic E-state index is 0.339. The number of rotatable bonds is 6. The van der Waals surface area contributed by atoms with E-state index in [1.54, 1.807) is 0 Å². The number of nitrogens with zero attached hydrogens (tertiary/aromatic N) is 1. The van der Waals surface area contributed by atoms with Gasteiger partial charge in [0.2, 0.25) is 0 Å². The first-order valence-corrected chi connectivity index (χ1v) is 7.01. The van der Waals surface area contributed by atoms with Gasteiger partial charge in [0.05, 0.1) is 12.2 Å². The molecule has 1 fully saturated rings. The average molecular weight is 242 g/mol. The molecule has 0 aliphatic carbocycles. The maximum atomic E-state index is 5.77. The first-order valence-electron chi connectivity index (χ1n) is 7.01. The summed E-state index contributed by atoms with van der Waals surface area (Å²) in [5.41, 5.74) is 0.339. The Morgan fingerprint density at radius 2 is 1.82 bits per heavy atom. The zero-order valence-electron chi connectivity index (χ0n) is 12.3. The van der Waals surface area contributed by atoms with Crippen molar-refractivity contribution >= 4 is 0 Å². The number of ether oxygens (including phenoxy) is 1. The van der Waals surface area contributed by atoms with E-state index in [0.29, 0.717) is 17.6 Å². The Morgan fingerprint density at radius 1 is 1.24 bits per heavy atom. The fraction of sp³-hybridized carbons (Fsp3) is 1.00. The molecule has 0 aromatic rings. The standard InChI is InChI=1S/C14H30N2O/c1-6-7-15-10-14(4,5)11-16-8-12(2)17-13(3)9-16/h12-13,15H,6-11H2,1-5H3/t12-,13+. The normalized spacial score (nSPS) is 27.4. The molecule has 0 radical (unpaired) electrons. The minimum atomic E-state index is 0.339. The van der Waals surface area contributed by atoms with Crippen LogP contribution in [-0.2, 0) is 4.74 Å². The van der Waals surface area contributed by atoms with E-state index in [1.165, 1.54) is 6.42 Å². The molecule has 0 spiro atoms. The molecule has 3 heteroatoms. The third-order valence-electron chi connectivity index (χ3n) is 3.18. The van der Waals surface area contributed by atoms with E-state index in [0.717, 1.165) is 32.7 Å². The Labute approximate surface area is 107 Å². The summed E-state index contributed by atoms with van der Waals surface area (Å²) in [5, 5.41) is 3.53. The summed E-state index contributed by atoms with van der Waals surface area (Å²) >= 11 is 0. The molecule has 3 nitrogen and oxygen atoms in total. The van der Waals surface area contributed by atoms with E-state index in [4.69, 9.17) is 4.74 Å². The molecule has 1 aliphatic heterocycles. The molecule has 2 atom stereocenters. The van der Waals surface area contributed by atoms with Gasteiger partial charge < -0.3 is 10.1 Å². The van der Waals surface area contributed by atoms with Crippen molar-refractivity contribution in [1.82, 2.24) is 10.2 Å². The van der Waals surface area contributed by atoms with Crippen LogP contribution in [0, 0.1) is 5.41 Å². The molecular formula is C14H30N2O. The van der Waals surface area contributed by atoms with Crippen molar-refractivity contribution < 1.29 is 4.74 Å². The second kappa shape index (κ2) is 6.72. The summed E-state index contributed by atoms with van der Waals surface area (Å²) < 4.78 is 5.77. The fourth-order valence-corrected chi connectivity index (χ4v) is 2.68. The van der Waals surface area contributed by atoms with Crippen molar-refractivity contribution in [3.8, 4) is 0 Å². The van der Waals surface area contributed by atoms with E-state index >= 15 is 0 Å². The summed E-state index contributed by atoms with van der Waals surface area (Å²) in [6.45, 7) is 16.8. The SMILES string of the molecule is CCCNCC(C)(C)CN1C[C@@H](C)O[C@@H](C)C1.